The van der Waals surface area contributed by atoms with Crippen LogP contribution in [0.5, 0.6) is 0 Å². The number of hydrogen-bond acceptors (Lipinski definition) is 2. The Labute approximate surface area is 234 Å². The second kappa shape index (κ2) is 11.8. The van der Waals surface area contributed by atoms with Crippen molar-refractivity contribution < 1.29 is 0 Å². The molecule has 1 saturated heterocycles. The predicted octanol–water partition coefficient (Wildman–Crippen LogP) is 6.86. The topological polar surface area (TPSA) is 24.1 Å². The van der Waals surface area contributed by atoms with E-state index in [4.69, 9.17) is 0 Å². The first-order chi connectivity index (χ1) is 19.3. The molecule has 2 N–H and O–H groups in total. The lowest BCUT2D eigenvalue weighted by Crippen LogP contribution is -2.59. The summed E-state index contributed by atoms with van der Waals surface area (Å²) in [5.74, 6) is 0.296. The Kier molecular flexibility index (Phi) is 7.88. The van der Waals surface area contributed by atoms with E-state index in [1.165, 1.54) is 33.5 Å². The minimum absolute atomic E-state index is 0.218. The number of nitrogens with one attached hydrogen (secondary N) is 2. The van der Waals surface area contributed by atoms with Crippen LogP contribution in [0.1, 0.15) is 30.9 Å². The molecular weight excluding hydrogens is 491 g/mol. The first kappa shape index (κ1) is 26.0. The fourth-order valence-corrected chi connectivity index (χ4v) is 9.15. The summed E-state index contributed by atoms with van der Waals surface area (Å²) in [5.41, 5.74) is 2.31. The fourth-order valence-electron chi connectivity index (χ4n) is 6.47. The molecule has 3 atom stereocenters. The van der Waals surface area contributed by atoms with Crippen LogP contribution in [0.15, 0.2) is 145 Å². The third kappa shape index (κ3) is 5.18. The first-order valence-electron chi connectivity index (χ1n) is 14.2. The van der Waals surface area contributed by atoms with Crippen LogP contribution in [0.4, 0.5) is 0 Å². The molecule has 39 heavy (non-hydrogen) atoms. The maximum atomic E-state index is 4.29. The largest absolute Gasteiger partial charge is 0.311 e. The van der Waals surface area contributed by atoms with Crippen molar-refractivity contribution in [2.24, 2.45) is 5.92 Å². The molecule has 1 aliphatic carbocycles. The lowest BCUT2D eigenvalue weighted by molar-refractivity contribution is 0.262. The second-order valence-corrected chi connectivity index (χ2v) is 12.9. The fraction of sp³-hybridized carbons (Fsp3) is 0.222. The summed E-state index contributed by atoms with van der Waals surface area (Å²) in [6.45, 7) is 3.44. The summed E-state index contributed by atoms with van der Waals surface area (Å²) in [4.78, 5) is 0. The van der Waals surface area contributed by atoms with Gasteiger partial charge in [-0.3, -0.25) is 5.32 Å². The highest BCUT2D eigenvalue weighted by Crippen LogP contribution is 2.50. The number of hydrogen-bond donors (Lipinski definition) is 2. The molecular formula is C36H37N2P. The Balaban J connectivity index is 1.41. The Hall–Kier alpha value is -3.29. The lowest BCUT2D eigenvalue weighted by atomic mass is 9.75. The minimum Gasteiger partial charge on any atom is -0.311 e. The number of benzene rings is 4. The molecule has 1 aliphatic heterocycles. The Morgan fingerprint density at radius 3 is 1.74 bits per heavy atom. The van der Waals surface area contributed by atoms with Crippen molar-refractivity contribution in [3.63, 3.8) is 0 Å². The molecule has 0 aromatic heterocycles. The molecule has 1 fully saturated rings. The van der Waals surface area contributed by atoms with E-state index in [1.807, 2.05) is 0 Å². The highest BCUT2D eigenvalue weighted by molar-refractivity contribution is 7.76. The molecule has 2 nitrogen and oxygen atoms in total. The van der Waals surface area contributed by atoms with Crippen molar-refractivity contribution in [3.8, 4) is 0 Å². The van der Waals surface area contributed by atoms with Crippen molar-refractivity contribution in [1.82, 2.24) is 10.6 Å². The Morgan fingerprint density at radius 1 is 0.744 bits per heavy atom. The van der Waals surface area contributed by atoms with Gasteiger partial charge in [0.1, 0.15) is 0 Å². The van der Waals surface area contributed by atoms with Gasteiger partial charge in [-0.05, 0) is 61.3 Å². The van der Waals surface area contributed by atoms with Gasteiger partial charge in [0.2, 0.25) is 0 Å². The molecule has 4 aromatic rings. The van der Waals surface area contributed by atoms with E-state index in [9.17, 15) is 0 Å². The molecule has 1 unspecified atom stereocenters. The average Bonchev–Trinajstić information content (AvgIpc) is 3.72. The van der Waals surface area contributed by atoms with Crippen molar-refractivity contribution in [1.29, 1.82) is 0 Å². The first-order valence-corrected chi connectivity index (χ1v) is 15.5. The summed E-state index contributed by atoms with van der Waals surface area (Å²) in [6, 6.07) is 44.8. The molecule has 0 bridgehead atoms. The molecule has 1 heterocycles. The average molecular weight is 529 g/mol. The van der Waals surface area contributed by atoms with Gasteiger partial charge in [-0.2, -0.15) is 0 Å². The van der Waals surface area contributed by atoms with Crippen LogP contribution < -0.4 is 21.2 Å². The summed E-state index contributed by atoms with van der Waals surface area (Å²) >= 11 is 0. The van der Waals surface area contributed by atoms with Gasteiger partial charge in [0.25, 0.3) is 0 Å². The van der Waals surface area contributed by atoms with E-state index in [1.54, 1.807) is 0 Å². The van der Waals surface area contributed by atoms with Crippen LogP contribution in [0.25, 0.3) is 0 Å². The molecule has 196 valence electrons. The number of rotatable bonds is 9. The summed E-state index contributed by atoms with van der Waals surface area (Å²) in [6.07, 6.45) is 9.42. The zero-order valence-electron chi connectivity index (χ0n) is 22.6. The van der Waals surface area contributed by atoms with Crippen molar-refractivity contribution in [2.75, 3.05) is 6.54 Å². The second-order valence-electron chi connectivity index (χ2n) is 10.6. The zero-order valence-corrected chi connectivity index (χ0v) is 23.5. The highest BCUT2D eigenvalue weighted by Gasteiger charge is 2.45. The highest BCUT2D eigenvalue weighted by atomic mass is 31.1. The van der Waals surface area contributed by atoms with Crippen LogP contribution in [0, 0.1) is 5.92 Å². The van der Waals surface area contributed by atoms with Gasteiger partial charge >= 0.3 is 0 Å². The van der Waals surface area contributed by atoms with Crippen LogP contribution in [0.3, 0.4) is 0 Å². The van der Waals surface area contributed by atoms with E-state index in [-0.39, 0.29) is 11.6 Å². The van der Waals surface area contributed by atoms with E-state index in [0.717, 1.165) is 13.0 Å². The van der Waals surface area contributed by atoms with Crippen LogP contribution in [-0.4, -0.2) is 18.6 Å². The smallest absolute Gasteiger partial charge is 0.0848 e. The van der Waals surface area contributed by atoms with Crippen LogP contribution in [-0.2, 0) is 5.54 Å². The Bertz CT molecular complexity index is 1310. The summed E-state index contributed by atoms with van der Waals surface area (Å²) < 4.78 is 0. The van der Waals surface area contributed by atoms with E-state index < -0.39 is 7.92 Å². The lowest BCUT2D eigenvalue weighted by Gasteiger charge is -2.45. The standard InChI is InChI=1S/C36H37N2P/c1-28(33-24-14-25-34(33)39(31-20-10-4-11-21-31)32-22-12-5-13-23-32)38-36(35-26-15-27-37-35,29-16-6-2-7-17-29)30-18-8-3-9-19-30/h2-14,16-25,28,33,35,37-38H,15,26-27H2,1H3/t28-,33+,35?/m1/s1. The maximum Gasteiger partial charge on any atom is 0.0848 e. The van der Waals surface area contributed by atoms with Crippen molar-refractivity contribution in [2.45, 2.75) is 37.4 Å². The van der Waals surface area contributed by atoms with Gasteiger partial charge in [-0.15, -0.1) is 0 Å². The number of allylic oxidation sites excluding steroid dienone is 2. The SMILES string of the molecule is C[C@@H](NC(c1ccccc1)(c1ccccc1)C1CCCN1)[C@@H]1C=CC=C1P(c1ccccc1)c1ccccc1. The third-order valence-electron chi connectivity index (χ3n) is 8.25. The van der Waals surface area contributed by atoms with Crippen molar-refractivity contribution >= 4 is 18.5 Å². The van der Waals surface area contributed by atoms with E-state index in [0.29, 0.717) is 12.0 Å². The van der Waals surface area contributed by atoms with E-state index >= 15 is 0 Å². The monoisotopic (exact) mass is 528 g/mol. The van der Waals surface area contributed by atoms with Gasteiger partial charge < -0.3 is 5.32 Å². The predicted molar refractivity (Wildman–Crippen MR) is 167 cm³/mol. The molecule has 0 amide bonds. The summed E-state index contributed by atoms with van der Waals surface area (Å²) in [7, 11) is -0.641. The van der Waals surface area contributed by atoms with E-state index in [2.05, 4.69) is 157 Å². The maximum absolute atomic E-state index is 4.29. The van der Waals surface area contributed by atoms with Crippen LogP contribution in [0.2, 0.25) is 0 Å². The minimum atomic E-state index is -0.641. The van der Waals surface area contributed by atoms with Gasteiger partial charge in [0.05, 0.1) is 5.54 Å². The van der Waals surface area contributed by atoms with Gasteiger partial charge in [-0.1, -0.05) is 140 Å². The molecule has 0 spiro atoms. The van der Waals surface area contributed by atoms with Crippen molar-refractivity contribution in [3.05, 3.63) is 156 Å². The quantitative estimate of drug-likeness (QED) is 0.232. The molecule has 4 aromatic carbocycles. The molecule has 6 rings (SSSR count). The van der Waals surface area contributed by atoms with Gasteiger partial charge in [0.15, 0.2) is 0 Å². The van der Waals surface area contributed by atoms with Gasteiger partial charge in [0, 0.05) is 18.0 Å². The zero-order chi connectivity index (χ0) is 26.5. The molecule has 0 radical (unpaired) electrons. The van der Waals surface area contributed by atoms with Crippen LogP contribution >= 0.6 is 7.92 Å². The summed E-state index contributed by atoms with van der Waals surface area (Å²) in [5, 5.41) is 12.5. The van der Waals surface area contributed by atoms with Gasteiger partial charge in [-0.25, -0.2) is 0 Å². The third-order valence-corrected chi connectivity index (χ3v) is 10.8. The molecule has 2 aliphatic rings. The molecule has 3 heteroatoms. The normalized spacial score (nSPS) is 19.8. The molecule has 0 saturated carbocycles. The Morgan fingerprint density at radius 2 is 1.26 bits per heavy atom.